The molecule has 88 valence electrons. The average Bonchev–Trinajstić information content (AvgIpc) is 3.10. The second-order valence-electron chi connectivity index (χ2n) is 4.40. The minimum absolute atomic E-state index is 0.269. The van der Waals surface area contributed by atoms with E-state index in [-0.39, 0.29) is 6.61 Å². The molecule has 1 saturated carbocycles. The quantitative estimate of drug-likeness (QED) is 0.787. The molecule has 2 N–H and O–H groups in total. The van der Waals surface area contributed by atoms with Crippen molar-refractivity contribution in [1.29, 1.82) is 0 Å². The molecule has 0 heterocycles. The maximum absolute atomic E-state index is 8.79. The van der Waals surface area contributed by atoms with Crippen LogP contribution in [0.15, 0.2) is 28.7 Å². The number of aliphatic hydroxyl groups excluding tert-OH is 1. The molecule has 16 heavy (non-hydrogen) atoms. The van der Waals surface area contributed by atoms with Crippen LogP contribution in [0, 0.1) is 5.92 Å². The molecule has 0 saturated heterocycles. The fraction of sp³-hybridized carbons (Fsp3) is 0.538. The molecule has 1 unspecified atom stereocenters. The zero-order valence-corrected chi connectivity index (χ0v) is 10.9. The Morgan fingerprint density at radius 1 is 1.31 bits per heavy atom. The van der Waals surface area contributed by atoms with Crippen LogP contribution in [0.25, 0.3) is 0 Å². The maximum Gasteiger partial charge on any atom is 0.0443 e. The number of nitrogens with one attached hydrogen (secondary N) is 1. The van der Waals surface area contributed by atoms with E-state index in [4.69, 9.17) is 5.11 Å². The van der Waals surface area contributed by atoms with Crippen molar-refractivity contribution in [1.82, 2.24) is 5.32 Å². The van der Waals surface area contributed by atoms with Crippen molar-refractivity contribution in [3.63, 3.8) is 0 Å². The van der Waals surface area contributed by atoms with Crippen LogP contribution < -0.4 is 5.32 Å². The third kappa shape index (κ3) is 3.30. The summed E-state index contributed by atoms with van der Waals surface area (Å²) in [5.41, 5.74) is 1.36. The molecule has 0 aromatic heterocycles. The largest absolute Gasteiger partial charge is 0.396 e. The highest BCUT2D eigenvalue weighted by Crippen LogP contribution is 2.41. The molecule has 3 heteroatoms. The van der Waals surface area contributed by atoms with Gasteiger partial charge >= 0.3 is 0 Å². The second-order valence-corrected chi connectivity index (χ2v) is 5.31. The van der Waals surface area contributed by atoms with Crippen molar-refractivity contribution < 1.29 is 5.11 Å². The summed E-state index contributed by atoms with van der Waals surface area (Å²) in [6.07, 6.45) is 3.49. The van der Waals surface area contributed by atoms with E-state index in [1.54, 1.807) is 0 Å². The van der Waals surface area contributed by atoms with Gasteiger partial charge in [-0.3, -0.25) is 0 Å². The first-order chi connectivity index (χ1) is 7.81. The Hall–Kier alpha value is -0.380. The van der Waals surface area contributed by atoms with Crippen molar-refractivity contribution in [3.05, 3.63) is 34.3 Å². The van der Waals surface area contributed by atoms with Crippen LogP contribution in [0.2, 0.25) is 0 Å². The fourth-order valence-corrected chi connectivity index (χ4v) is 2.26. The predicted molar refractivity (Wildman–Crippen MR) is 69.3 cm³/mol. The normalized spacial score (nSPS) is 17.4. The summed E-state index contributed by atoms with van der Waals surface area (Å²) < 4.78 is 1.13. The lowest BCUT2D eigenvalue weighted by atomic mass is 10.0. The molecule has 0 radical (unpaired) electrons. The zero-order valence-electron chi connectivity index (χ0n) is 9.32. The first-order valence-corrected chi connectivity index (χ1v) is 6.70. The van der Waals surface area contributed by atoms with E-state index in [2.05, 4.69) is 45.5 Å². The molecule has 1 atom stereocenters. The average molecular weight is 284 g/mol. The minimum atomic E-state index is 0.269. The highest BCUT2D eigenvalue weighted by atomic mass is 79.9. The standard InChI is InChI=1S/C13H18BrNO/c14-12-6-4-11(5-7-12)13(10-2-3-10)15-8-1-9-16/h4-7,10,13,15-16H,1-3,8-9H2. The molecular formula is C13H18BrNO. The third-order valence-electron chi connectivity index (χ3n) is 3.02. The van der Waals surface area contributed by atoms with Gasteiger partial charge in [0.05, 0.1) is 0 Å². The van der Waals surface area contributed by atoms with Gasteiger partial charge in [0.15, 0.2) is 0 Å². The first kappa shape index (κ1) is 12.1. The van der Waals surface area contributed by atoms with Gasteiger partial charge in [-0.25, -0.2) is 0 Å². The van der Waals surface area contributed by atoms with Crippen LogP contribution in [0.1, 0.15) is 30.9 Å². The molecule has 2 rings (SSSR count). The number of halogens is 1. The van der Waals surface area contributed by atoms with Gasteiger partial charge in [0, 0.05) is 17.1 Å². The Morgan fingerprint density at radius 3 is 2.56 bits per heavy atom. The van der Waals surface area contributed by atoms with Crippen LogP contribution in [-0.2, 0) is 0 Å². The van der Waals surface area contributed by atoms with Crippen molar-refractivity contribution in [2.75, 3.05) is 13.2 Å². The molecule has 2 nitrogen and oxygen atoms in total. The van der Waals surface area contributed by atoms with E-state index >= 15 is 0 Å². The maximum atomic E-state index is 8.79. The lowest BCUT2D eigenvalue weighted by molar-refractivity contribution is 0.281. The highest BCUT2D eigenvalue weighted by Gasteiger charge is 2.31. The van der Waals surface area contributed by atoms with E-state index in [0.29, 0.717) is 6.04 Å². The number of benzene rings is 1. The smallest absolute Gasteiger partial charge is 0.0443 e. The zero-order chi connectivity index (χ0) is 11.4. The summed E-state index contributed by atoms with van der Waals surface area (Å²) in [6, 6.07) is 9.02. The molecule has 1 aliphatic rings. The predicted octanol–water partition coefficient (Wildman–Crippen LogP) is 2.87. The van der Waals surface area contributed by atoms with Gasteiger partial charge in [-0.2, -0.15) is 0 Å². The van der Waals surface area contributed by atoms with E-state index in [0.717, 1.165) is 23.4 Å². The van der Waals surface area contributed by atoms with Crippen molar-refractivity contribution >= 4 is 15.9 Å². The summed E-state index contributed by atoms with van der Waals surface area (Å²) in [7, 11) is 0. The van der Waals surface area contributed by atoms with E-state index < -0.39 is 0 Å². The third-order valence-corrected chi connectivity index (χ3v) is 3.55. The van der Waals surface area contributed by atoms with E-state index in [9.17, 15) is 0 Å². The topological polar surface area (TPSA) is 32.3 Å². The molecule has 0 spiro atoms. The van der Waals surface area contributed by atoms with Gasteiger partial charge in [0.25, 0.3) is 0 Å². The lowest BCUT2D eigenvalue weighted by Crippen LogP contribution is -2.24. The SMILES string of the molecule is OCCCNC(c1ccc(Br)cc1)C1CC1. The fourth-order valence-electron chi connectivity index (χ4n) is 1.99. The number of rotatable bonds is 6. The van der Waals surface area contributed by atoms with Gasteiger partial charge < -0.3 is 10.4 Å². The van der Waals surface area contributed by atoms with Crippen LogP contribution >= 0.6 is 15.9 Å². The molecule has 0 aliphatic heterocycles. The summed E-state index contributed by atoms with van der Waals surface area (Å²) in [5, 5.41) is 12.3. The monoisotopic (exact) mass is 283 g/mol. The van der Waals surface area contributed by atoms with Gasteiger partial charge in [0.1, 0.15) is 0 Å². The summed E-state index contributed by atoms with van der Waals surface area (Å²) >= 11 is 3.46. The second kappa shape index (κ2) is 5.80. The summed E-state index contributed by atoms with van der Waals surface area (Å²) in [5.74, 6) is 0.792. The molecular weight excluding hydrogens is 266 g/mol. The van der Waals surface area contributed by atoms with Gasteiger partial charge in [-0.1, -0.05) is 28.1 Å². The number of aliphatic hydroxyl groups is 1. The molecule has 0 bridgehead atoms. The minimum Gasteiger partial charge on any atom is -0.396 e. The Morgan fingerprint density at radius 2 is 2.00 bits per heavy atom. The van der Waals surface area contributed by atoms with Gasteiger partial charge in [-0.15, -0.1) is 0 Å². The highest BCUT2D eigenvalue weighted by molar-refractivity contribution is 9.10. The van der Waals surface area contributed by atoms with Gasteiger partial charge in [-0.05, 0) is 49.4 Å². The summed E-state index contributed by atoms with van der Waals surface area (Å²) in [6.45, 7) is 1.17. The van der Waals surface area contributed by atoms with E-state index in [1.807, 2.05) is 0 Å². The first-order valence-electron chi connectivity index (χ1n) is 5.91. The molecule has 0 amide bonds. The number of hydrogen-bond acceptors (Lipinski definition) is 2. The van der Waals surface area contributed by atoms with E-state index in [1.165, 1.54) is 18.4 Å². The summed E-state index contributed by atoms with van der Waals surface area (Å²) in [4.78, 5) is 0. The van der Waals surface area contributed by atoms with Gasteiger partial charge in [0.2, 0.25) is 0 Å². The Balaban J connectivity index is 1.98. The van der Waals surface area contributed by atoms with Crippen LogP contribution in [-0.4, -0.2) is 18.3 Å². The molecule has 1 aromatic rings. The molecule has 1 aromatic carbocycles. The molecule has 1 aliphatic carbocycles. The number of hydrogen-bond donors (Lipinski definition) is 2. The van der Waals surface area contributed by atoms with Crippen molar-refractivity contribution in [2.45, 2.75) is 25.3 Å². The Labute approximate surface area is 105 Å². The van der Waals surface area contributed by atoms with Crippen LogP contribution in [0.3, 0.4) is 0 Å². The molecule has 1 fully saturated rings. The van der Waals surface area contributed by atoms with Crippen molar-refractivity contribution in [3.8, 4) is 0 Å². The van der Waals surface area contributed by atoms with Crippen molar-refractivity contribution in [2.24, 2.45) is 5.92 Å². The Kier molecular flexibility index (Phi) is 4.38. The van der Waals surface area contributed by atoms with Crippen LogP contribution in [0.5, 0.6) is 0 Å². The lowest BCUT2D eigenvalue weighted by Gasteiger charge is -2.18. The van der Waals surface area contributed by atoms with Crippen LogP contribution in [0.4, 0.5) is 0 Å². The Bertz CT molecular complexity index is 321.